The molecule has 1 aromatic heterocycles. The lowest BCUT2D eigenvalue weighted by molar-refractivity contribution is 0.569. The molecule has 0 unspecified atom stereocenters. The zero-order valence-corrected chi connectivity index (χ0v) is 11.3. The molecule has 1 aromatic carbocycles. The first-order valence-electron chi connectivity index (χ1n) is 5.25. The van der Waals surface area contributed by atoms with Crippen molar-refractivity contribution in [3.8, 4) is 0 Å². The van der Waals surface area contributed by atoms with Crippen molar-refractivity contribution in [3.63, 3.8) is 0 Å². The van der Waals surface area contributed by atoms with Crippen LogP contribution in [0.15, 0.2) is 18.2 Å². The molecule has 4 heteroatoms. The van der Waals surface area contributed by atoms with E-state index in [2.05, 4.69) is 4.98 Å². The van der Waals surface area contributed by atoms with Gasteiger partial charge in [-0.15, -0.1) is 0 Å². The molecule has 0 aliphatic rings. The highest BCUT2D eigenvalue weighted by molar-refractivity contribution is 6.36. The van der Waals surface area contributed by atoms with Gasteiger partial charge in [-0.3, -0.25) is 0 Å². The number of hydrogen-bond acceptors (Lipinski definition) is 1. The van der Waals surface area contributed by atoms with Crippen LogP contribution in [0.2, 0.25) is 10.0 Å². The smallest absolute Gasteiger partial charge is 0.150 e. The minimum absolute atomic E-state index is 0.177. The van der Waals surface area contributed by atoms with Gasteiger partial charge >= 0.3 is 0 Å². The Hall–Kier alpha value is -0.860. The Balaban J connectivity index is 2.83. The van der Waals surface area contributed by atoms with Gasteiger partial charge in [0.25, 0.3) is 0 Å². The molecule has 0 radical (unpaired) electrons. The molecule has 0 atom stereocenters. The Morgan fingerprint density at radius 1 is 1.12 bits per heavy atom. The van der Waals surface area contributed by atoms with Crippen molar-refractivity contribution >= 4 is 34.1 Å². The zero-order chi connectivity index (χ0) is 12.8. The summed E-state index contributed by atoms with van der Waals surface area (Å²) >= 11 is 11.9. The van der Waals surface area contributed by atoms with Crippen LogP contribution in [-0.2, 0) is 5.41 Å². The Kier molecular flexibility index (Phi) is 3.04. The largest absolute Gasteiger partial charge is 0.249 e. The topological polar surface area (TPSA) is 12.9 Å². The number of halogens is 3. The van der Waals surface area contributed by atoms with E-state index in [1.54, 1.807) is 12.1 Å². The van der Waals surface area contributed by atoms with Gasteiger partial charge in [-0.1, -0.05) is 44.0 Å². The van der Waals surface area contributed by atoms with Crippen LogP contribution in [0.25, 0.3) is 10.9 Å². The van der Waals surface area contributed by atoms with E-state index in [0.717, 1.165) is 5.69 Å². The van der Waals surface area contributed by atoms with Gasteiger partial charge in [-0.25, -0.2) is 9.37 Å². The highest BCUT2D eigenvalue weighted by Gasteiger charge is 2.19. The summed E-state index contributed by atoms with van der Waals surface area (Å²) in [5.41, 5.74) is 0.854. The minimum atomic E-state index is -0.444. The first kappa shape index (κ1) is 12.6. The second kappa shape index (κ2) is 4.11. The molecule has 0 aliphatic heterocycles. The monoisotopic (exact) mass is 271 g/mol. The molecule has 0 N–H and O–H groups in total. The standard InChI is InChI=1S/C13H12Cl2FN/c1-13(2,3)11-6-9(15)8-4-7(14)5-10(16)12(8)17-11/h4-6H,1-3H3. The second-order valence-corrected chi connectivity index (χ2v) is 5.87. The average molecular weight is 272 g/mol. The number of hydrogen-bond donors (Lipinski definition) is 0. The molecule has 0 bridgehead atoms. The van der Waals surface area contributed by atoms with Crippen molar-refractivity contribution in [2.24, 2.45) is 0 Å². The predicted molar refractivity (Wildman–Crippen MR) is 70.4 cm³/mol. The molecule has 0 saturated heterocycles. The average Bonchev–Trinajstić information content (AvgIpc) is 2.17. The number of rotatable bonds is 0. The summed E-state index contributed by atoms with van der Waals surface area (Å²) in [6.45, 7) is 6.02. The van der Waals surface area contributed by atoms with Gasteiger partial charge < -0.3 is 0 Å². The van der Waals surface area contributed by atoms with E-state index >= 15 is 0 Å². The van der Waals surface area contributed by atoms with Gasteiger partial charge in [0, 0.05) is 21.5 Å². The van der Waals surface area contributed by atoms with Crippen LogP contribution in [0, 0.1) is 5.82 Å². The van der Waals surface area contributed by atoms with Crippen molar-refractivity contribution in [3.05, 3.63) is 39.8 Å². The van der Waals surface area contributed by atoms with Crippen LogP contribution in [0.5, 0.6) is 0 Å². The highest BCUT2D eigenvalue weighted by Crippen LogP contribution is 2.31. The van der Waals surface area contributed by atoms with Crippen molar-refractivity contribution in [2.45, 2.75) is 26.2 Å². The lowest BCUT2D eigenvalue weighted by Crippen LogP contribution is -2.13. The van der Waals surface area contributed by atoms with E-state index in [1.165, 1.54) is 6.07 Å². The highest BCUT2D eigenvalue weighted by atomic mass is 35.5. The summed E-state index contributed by atoms with van der Waals surface area (Å²) in [4.78, 5) is 4.33. The fourth-order valence-electron chi connectivity index (χ4n) is 1.60. The van der Waals surface area contributed by atoms with Crippen molar-refractivity contribution in [1.82, 2.24) is 4.98 Å². The second-order valence-electron chi connectivity index (χ2n) is 5.02. The molecule has 1 heterocycles. The molecule has 1 nitrogen and oxygen atoms in total. The third kappa shape index (κ3) is 2.38. The number of benzene rings is 1. The first-order chi connectivity index (χ1) is 7.79. The lowest BCUT2D eigenvalue weighted by atomic mass is 9.91. The van der Waals surface area contributed by atoms with Crippen LogP contribution in [0.4, 0.5) is 4.39 Å². The zero-order valence-electron chi connectivity index (χ0n) is 9.81. The van der Waals surface area contributed by atoms with Crippen LogP contribution in [-0.4, -0.2) is 4.98 Å². The Morgan fingerprint density at radius 3 is 2.35 bits per heavy atom. The van der Waals surface area contributed by atoms with Gasteiger partial charge in [0.05, 0.1) is 5.02 Å². The molecule has 0 aliphatic carbocycles. The lowest BCUT2D eigenvalue weighted by Gasteiger charge is -2.19. The fourth-order valence-corrected chi connectivity index (χ4v) is 2.05. The van der Waals surface area contributed by atoms with Crippen molar-refractivity contribution in [1.29, 1.82) is 0 Å². The van der Waals surface area contributed by atoms with Gasteiger partial charge in [-0.2, -0.15) is 0 Å². The van der Waals surface area contributed by atoms with E-state index in [1.807, 2.05) is 20.8 Å². The van der Waals surface area contributed by atoms with Crippen molar-refractivity contribution in [2.75, 3.05) is 0 Å². The molecule has 0 amide bonds. The third-order valence-corrected chi connectivity index (χ3v) is 3.08. The SMILES string of the molecule is CC(C)(C)c1cc(Cl)c2cc(Cl)cc(F)c2n1. The summed E-state index contributed by atoms with van der Waals surface area (Å²) in [6, 6.07) is 4.64. The van der Waals surface area contributed by atoms with Gasteiger partial charge in [0.1, 0.15) is 5.52 Å². The number of aromatic nitrogens is 1. The van der Waals surface area contributed by atoms with E-state index < -0.39 is 5.82 Å². The van der Waals surface area contributed by atoms with Gasteiger partial charge in [-0.05, 0) is 18.2 Å². The number of nitrogens with zero attached hydrogens (tertiary/aromatic N) is 1. The Morgan fingerprint density at radius 2 is 1.76 bits per heavy atom. The Bertz CT molecular complexity index is 588. The summed E-state index contributed by atoms with van der Waals surface area (Å²) in [6.07, 6.45) is 0. The predicted octanol–water partition coefficient (Wildman–Crippen LogP) is 4.98. The molecular formula is C13H12Cl2FN. The first-order valence-corrected chi connectivity index (χ1v) is 6.00. The summed E-state index contributed by atoms with van der Waals surface area (Å²) < 4.78 is 13.8. The quantitative estimate of drug-likeness (QED) is 0.659. The molecule has 0 spiro atoms. The molecule has 0 fully saturated rings. The van der Waals surface area contributed by atoms with Gasteiger partial charge in [0.15, 0.2) is 5.82 Å². The summed E-state index contributed by atoms with van der Waals surface area (Å²) in [5.74, 6) is -0.444. The van der Waals surface area contributed by atoms with Crippen LogP contribution in [0.3, 0.4) is 0 Å². The van der Waals surface area contributed by atoms with Crippen LogP contribution >= 0.6 is 23.2 Å². The maximum Gasteiger partial charge on any atom is 0.150 e. The molecule has 2 rings (SSSR count). The molecular weight excluding hydrogens is 260 g/mol. The molecule has 2 aromatic rings. The third-order valence-electron chi connectivity index (χ3n) is 2.55. The number of pyridine rings is 1. The molecule has 0 saturated carbocycles. The normalized spacial score (nSPS) is 12.1. The molecule has 17 heavy (non-hydrogen) atoms. The molecule has 90 valence electrons. The maximum absolute atomic E-state index is 13.8. The maximum atomic E-state index is 13.8. The summed E-state index contributed by atoms with van der Waals surface area (Å²) in [7, 11) is 0. The fraction of sp³-hybridized carbons (Fsp3) is 0.308. The van der Waals surface area contributed by atoms with Crippen LogP contribution in [0.1, 0.15) is 26.5 Å². The van der Waals surface area contributed by atoms with E-state index in [4.69, 9.17) is 23.2 Å². The van der Waals surface area contributed by atoms with E-state index in [0.29, 0.717) is 15.4 Å². The van der Waals surface area contributed by atoms with Crippen LogP contribution < -0.4 is 0 Å². The van der Waals surface area contributed by atoms with E-state index in [-0.39, 0.29) is 10.9 Å². The number of fused-ring (bicyclic) bond motifs is 1. The van der Waals surface area contributed by atoms with Crippen molar-refractivity contribution < 1.29 is 4.39 Å². The Labute approximate surface area is 110 Å². The van der Waals surface area contributed by atoms with E-state index in [9.17, 15) is 4.39 Å². The summed E-state index contributed by atoms with van der Waals surface area (Å²) in [5, 5.41) is 1.34. The minimum Gasteiger partial charge on any atom is -0.249 e. The van der Waals surface area contributed by atoms with Gasteiger partial charge in [0.2, 0.25) is 0 Å².